The van der Waals surface area contributed by atoms with E-state index in [4.69, 9.17) is 33.0 Å². The SMILES string of the molecule is CC(=Cc1c(Cl)cc(C(=O)Nc2nc(-c3cccc(COCCCC4CCCCC4)c3F)cs2)cc1Cl)C(=O)O. The Labute approximate surface area is 247 Å². The molecule has 1 heterocycles. The van der Waals surface area contributed by atoms with Gasteiger partial charge in [-0.2, -0.15) is 0 Å². The summed E-state index contributed by atoms with van der Waals surface area (Å²) in [4.78, 5) is 28.3. The molecule has 10 heteroatoms. The predicted octanol–water partition coefficient (Wildman–Crippen LogP) is 8.87. The summed E-state index contributed by atoms with van der Waals surface area (Å²) in [6.45, 7) is 2.22. The maximum atomic E-state index is 15.3. The Hall–Kier alpha value is -2.78. The highest BCUT2D eigenvalue weighted by atomic mass is 35.5. The molecule has 212 valence electrons. The first-order valence-electron chi connectivity index (χ1n) is 13.3. The van der Waals surface area contributed by atoms with E-state index >= 15 is 4.39 Å². The zero-order valence-electron chi connectivity index (χ0n) is 22.1. The molecule has 1 aliphatic rings. The Morgan fingerprint density at radius 1 is 1.20 bits per heavy atom. The van der Waals surface area contributed by atoms with Crippen molar-refractivity contribution >= 4 is 57.6 Å². The number of hydrogen-bond donors (Lipinski definition) is 2. The number of nitrogens with one attached hydrogen (secondary N) is 1. The van der Waals surface area contributed by atoms with Gasteiger partial charge in [-0.3, -0.25) is 10.1 Å². The first-order chi connectivity index (χ1) is 19.2. The average Bonchev–Trinajstić information content (AvgIpc) is 3.39. The second kappa shape index (κ2) is 14.2. The Balaban J connectivity index is 1.37. The third-order valence-electron chi connectivity index (χ3n) is 7.00. The molecule has 3 aromatic rings. The minimum Gasteiger partial charge on any atom is -0.478 e. The maximum Gasteiger partial charge on any atom is 0.331 e. The van der Waals surface area contributed by atoms with E-state index in [2.05, 4.69) is 10.3 Å². The van der Waals surface area contributed by atoms with Crippen LogP contribution in [0.4, 0.5) is 9.52 Å². The Morgan fingerprint density at radius 2 is 1.93 bits per heavy atom. The van der Waals surface area contributed by atoms with Crippen molar-refractivity contribution < 1.29 is 23.8 Å². The summed E-state index contributed by atoms with van der Waals surface area (Å²) in [6, 6.07) is 7.92. The van der Waals surface area contributed by atoms with Crippen LogP contribution >= 0.6 is 34.5 Å². The van der Waals surface area contributed by atoms with Crippen LogP contribution in [0.1, 0.15) is 73.4 Å². The Kier molecular flexibility index (Phi) is 10.7. The standard InChI is InChI=1S/C30H31Cl2FN2O4S/c1-18(29(37)38)13-23-24(31)14-21(15-25(23)32)28(36)35-30-34-26(17-40-30)22-11-5-10-20(27(22)33)16-39-12-6-9-19-7-3-2-4-8-19/h5,10-11,13-15,17,19H,2-4,6-9,12,16H2,1H3,(H,37,38)(H,34,35,36). The van der Waals surface area contributed by atoms with Gasteiger partial charge in [0.05, 0.1) is 22.3 Å². The normalized spacial score (nSPS) is 14.3. The first-order valence-corrected chi connectivity index (χ1v) is 14.9. The van der Waals surface area contributed by atoms with E-state index in [1.54, 1.807) is 23.6 Å². The molecule has 4 rings (SSSR count). The lowest BCUT2D eigenvalue weighted by Gasteiger charge is -2.21. The van der Waals surface area contributed by atoms with E-state index in [0.29, 0.717) is 29.0 Å². The number of carbonyl (C=O) groups is 2. The summed E-state index contributed by atoms with van der Waals surface area (Å²) in [5, 5.41) is 14.0. The molecule has 2 N–H and O–H groups in total. The zero-order chi connectivity index (χ0) is 28.6. The van der Waals surface area contributed by atoms with Gasteiger partial charge in [0.1, 0.15) is 5.82 Å². The molecule has 0 saturated heterocycles. The van der Waals surface area contributed by atoms with Gasteiger partial charge in [0, 0.05) is 39.8 Å². The molecular weight excluding hydrogens is 574 g/mol. The van der Waals surface area contributed by atoms with Crippen molar-refractivity contribution in [2.24, 2.45) is 5.92 Å². The molecule has 1 aromatic heterocycles. The summed E-state index contributed by atoms with van der Waals surface area (Å²) in [5.74, 6) is -1.20. The number of nitrogens with zero attached hydrogens (tertiary/aromatic N) is 1. The molecule has 0 unspecified atom stereocenters. The molecule has 2 aromatic carbocycles. The molecule has 0 atom stereocenters. The van der Waals surface area contributed by atoms with Crippen LogP contribution in [-0.2, 0) is 16.1 Å². The molecule has 1 fully saturated rings. The Morgan fingerprint density at radius 3 is 2.62 bits per heavy atom. The number of anilines is 1. The van der Waals surface area contributed by atoms with Crippen molar-refractivity contribution in [3.8, 4) is 11.3 Å². The van der Waals surface area contributed by atoms with Gasteiger partial charge in [-0.05, 0) is 50.0 Å². The zero-order valence-corrected chi connectivity index (χ0v) is 24.5. The highest BCUT2D eigenvalue weighted by molar-refractivity contribution is 7.14. The molecule has 0 bridgehead atoms. The number of carboxylic acid groups (broad SMARTS) is 1. The molecule has 1 saturated carbocycles. The molecule has 0 spiro atoms. The number of rotatable bonds is 11. The van der Waals surface area contributed by atoms with Gasteiger partial charge in [-0.1, -0.05) is 67.4 Å². The Bertz CT molecular complexity index is 1380. The number of hydrogen-bond acceptors (Lipinski definition) is 5. The monoisotopic (exact) mass is 604 g/mol. The van der Waals surface area contributed by atoms with Crippen molar-refractivity contribution in [1.82, 2.24) is 4.98 Å². The number of halogens is 3. The smallest absolute Gasteiger partial charge is 0.331 e. The number of ether oxygens (including phenoxy) is 1. The second-order valence-electron chi connectivity index (χ2n) is 9.96. The topological polar surface area (TPSA) is 88.5 Å². The van der Waals surface area contributed by atoms with Gasteiger partial charge in [-0.15, -0.1) is 11.3 Å². The van der Waals surface area contributed by atoms with Crippen LogP contribution in [0.2, 0.25) is 10.0 Å². The first kappa shape index (κ1) is 30.2. The van der Waals surface area contributed by atoms with E-state index in [9.17, 15) is 9.59 Å². The number of carboxylic acids is 1. The van der Waals surface area contributed by atoms with Gasteiger partial charge in [0.25, 0.3) is 5.91 Å². The van der Waals surface area contributed by atoms with Gasteiger partial charge < -0.3 is 9.84 Å². The fraction of sp³-hybridized carbons (Fsp3) is 0.367. The highest BCUT2D eigenvalue weighted by Crippen LogP contribution is 2.32. The van der Waals surface area contributed by atoms with Gasteiger partial charge in [0.2, 0.25) is 0 Å². The van der Waals surface area contributed by atoms with Crippen LogP contribution < -0.4 is 5.32 Å². The number of benzene rings is 2. The van der Waals surface area contributed by atoms with Crippen molar-refractivity contribution in [1.29, 1.82) is 0 Å². The molecule has 0 radical (unpaired) electrons. The van der Waals surface area contributed by atoms with Gasteiger partial charge >= 0.3 is 5.97 Å². The number of carbonyl (C=O) groups excluding carboxylic acids is 1. The summed E-state index contributed by atoms with van der Waals surface area (Å²) in [6.07, 6.45) is 10.1. The minimum atomic E-state index is -1.10. The molecular formula is C30H31Cl2FN2O4S. The number of aliphatic carboxylic acids is 1. The maximum absolute atomic E-state index is 15.3. The average molecular weight is 606 g/mol. The third-order valence-corrected chi connectivity index (χ3v) is 8.39. The van der Waals surface area contributed by atoms with Crippen LogP contribution in [0, 0.1) is 11.7 Å². The lowest BCUT2D eigenvalue weighted by molar-refractivity contribution is -0.132. The second-order valence-corrected chi connectivity index (χ2v) is 11.6. The highest BCUT2D eigenvalue weighted by Gasteiger charge is 2.17. The van der Waals surface area contributed by atoms with E-state index in [1.165, 1.54) is 63.7 Å². The van der Waals surface area contributed by atoms with Gasteiger partial charge in [0.15, 0.2) is 5.13 Å². The number of thiazole rings is 1. The fourth-order valence-electron chi connectivity index (χ4n) is 4.78. The quantitative estimate of drug-likeness (QED) is 0.168. The van der Waals surface area contributed by atoms with Crippen molar-refractivity contribution in [2.75, 3.05) is 11.9 Å². The molecule has 0 aliphatic heterocycles. The van der Waals surface area contributed by atoms with Crippen molar-refractivity contribution in [2.45, 2.75) is 58.5 Å². The summed E-state index contributed by atoms with van der Waals surface area (Å²) in [5.41, 5.74) is 1.72. The molecule has 6 nitrogen and oxygen atoms in total. The lowest BCUT2D eigenvalue weighted by Crippen LogP contribution is -2.12. The third kappa shape index (κ3) is 7.91. The van der Waals surface area contributed by atoms with E-state index in [0.717, 1.165) is 23.7 Å². The summed E-state index contributed by atoms with van der Waals surface area (Å²) < 4.78 is 21.1. The largest absolute Gasteiger partial charge is 0.478 e. The summed E-state index contributed by atoms with van der Waals surface area (Å²) in [7, 11) is 0. The minimum absolute atomic E-state index is 0.0499. The molecule has 1 aliphatic carbocycles. The number of amides is 1. The molecule has 40 heavy (non-hydrogen) atoms. The van der Waals surface area contributed by atoms with Crippen LogP contribution in [0.3, 0.4) is 0 Å². The van der Waals surface area contributed by atoms with Crippen LogP contribution in [0.25, 0.3) is 17.3 Å². The number of aromatic nitrogens is 1. The van der Waals surface area contributed by atoms with Crippen LogP contribution in [0.5, 0.6) is 0 Å². The van der Waals surface area contributed by atoms with E-state index < -0.39 is 17.7 Å². The van der Waals surface area contributed by atoms with Gasteiger partial charge in [-0.25, -0.2) is 14.2 Å². The fourth-order valence-corrected chi connectivity index (χ4v) is 6.08. The summed E-state index contributed by atoms with van der Waals surface area (Å²) >= 11 is 13.7. The van der Waals surface area contributed by atoms with E-state index in [-0.39, 0.29) is 32.9 Å². The van der Waals surface area contributed by atoms with Crippen LogP contribution in [-0.4, -0.2) is 28.6 Å². The van der Waals surface area contributed by atoms with Crippen molar-refractivity contribution in [3.05, 3.63) is 73.8 Å². The van der Waals surface area contributed by atoms with Crippen molar-refractivity contribution in [3.63, 3.8) is 0 Å². The lowest BCUT2D eigenvalue weighted by atomic mass is 9.86. The van der Waals surface area contributed by atoms with E-state index in [1.807, 2.05) is 0 Å². The molecule has 1 amide bonds. The predicted molar refractivity (Wildman–Crippen MR) is 159 cm³/mol. The van der Waals surface area contributed by atoms with Crippen LogP contribution in [0.15, 0.2) is 41.3 Å².